The monoisotopic (exact) mass is 327 g/mol. The summed E-state index contributed by atoms with van der Waals surface area (Å²) in [6.07, 6.45) is 0. The van der Waals surface area contributed by atoms with Gasteiger partial charge in [0, 0.05) is 0 Å². The Hall–Kier alpha value is -2.84. The molecule has 0 aliphatic carbocycles. The SMILES string of the molecule is CCOC(=O)c1c(C(=O)OC)[nH]c(C(=O)OC)c1C(=O)OCC. The Morgan fingerprint density at radius 1 is 0.739 bits per heavy atom. The van der Waals surface area contributed by atoms with Crippen LogP contribution in [0.5, 0.6) is 0 Å². The highest BCUT2D eigenvalue weighted by molar-refractivity contribution is 6.15. The molecule has 0 fully saturated rings. The summed E-state index contributed by atoms with van der Waals surface area (Å²) in [5.74, 6) is -3.84. The number of aromatic amines is 1. The van der Waals surface area contributed by atoms with Gasteiger partial charge in [0.2, 0.25) is 0 Å². The number of H-pyrrole nitrogens is 1. The van der Waals surface area contributed by atoms with Crippen LogP contribution >= 0.6 is 0 Å². The largest absolute Gasteiger partial charge is 0.464 e. The Balaban J connectivity index is 3.66. The van der Waals surface area contributed by atoms with Gasteiger partial charge in [-0.05, 0) is 13.8 Å². The van der Waals surface area contributed by atoms with Gasteiger partial charge in [-0.25, -0.2) is 19.2 Å². The zero-order valence-electron chi connectivity index (χ0n) is 13.2. The van der Waals surface area contributed by atoms with Gasteiger partial charge in [0.1, 0.15) is 22.5 Å². The van der Waals surface area contributed by atoms with Crippen LogP contribution in [0.4, 0.5) is 0 Å². The summed E-state index contributed by atoms with van der Waals surface area (Å²) >= 11 is 0. The lowest BCUT2D eigenvalue weighted by Gasteiger charge is -2.06. The molecule has 0 aliphatic heterocycles. The lowest BCUT2D eigenvalue weighted by Crippen LogP contribution is -2.17. The van der Waals surface area contributed by atoms with Crippen LogP contribution in [-0.2, 0) is 18.9 Å². The van der Waals surface area contributed by atoms with Crippen molar-refractivity contribution in [3.05, 3.63) is 22.5 Å². The third-order valence-electron chi connectivity index (χ3n) is 2.74. The number of hydrogen-bond donors (Lipinski definition) is 1. The van der Waals surface area contributed by atoms with Crippen molar-refractivity contribution in [3.8, 4) is 0 Å². The second-order valence-electron chi connectivity index (χ2n) is 4.05. The minimum Gasteiger partial charge on any atom is -0.464 e. The Morgan fingerprint density at radius 2 is 1.09 bits per heavy atom. The fraction of sp³-hybridized carbons (Fsp3) is 0.429. The zero-order chi connectivity index (χ0) is 17.6. The third kappa shape index (κ3) is 3.68. The average Bonchev–Trinajstić information content (AvgIpc) is 2.94. The van der Waals surface area contributed by atoms with E-state index in [1.807, 2.05) is 0 Å². The Morgan fingerprint density at radius 3 is 1.35 bits per heavy atom. The van der Waals surface area contributed by atoms with Gasteiger partial charge in [0.05, 0.1) is 27.4 Å². The molecule has 0 aliphatic rings. The first-order chi connectivity index (χ1) is 10.9. The highest BCUT2D eigenvalue weighted by Gasteiger charge is 2.35. The molecule has 1 aromatic rings. The molecule has 1 rings (SSSR count). The number of carbonyl (C=O) groups is 4. The zero-order valence-corrected chi connectivity index (χ0v) is 13.2. The fourth-order valence-electron chi connectivity index (χ4n) is 1.83. The summed E-state index contributed by atoms with van der Waals surface area (Å²) in [6, 6.07) is 0. The number of rotatable bonds is 6. The molecular weight excluding hydrogens is 310 g/mol. The molecule has 9 heteroatoms. The lowest BCUT2D eigenvalue weighted by molar-refractivity contribution is 0.0466. The number of aromatic nitrogens is 1. The van der Waals surface area contributed by atoms with Crippen LogP contribution in [-0.4, -0.2) is 56.3 Å². The van der Waals surface area contributed by atoms with Crippen LogP contribution in [0.15, 0.2) is 0 Å². The van der Waals surface area contributed by atoms with E-state index in [0.717, 1.165) is 14.2 Å². The van der Waals surface area contributed by atoms with Gasteiger partial charge < -0.3 is 23.9 Å². The van der Waals surface area contributed by atoms with Gasteiger partial charge in [-0.3, -0.25) is 0 Å². The molecule has 0 amide bonds. The lowest BCUT2D eigenvalue weighted by atomic mass is 10.1. The molecule has 0 atom stereocenters. The van der Waals surface area contributed by atoms with Crippen molar-refractivity contribution >= 4 is 23.9 Å². The summed E-state index contributed by atoms with van der Waals surface area (Å²) in [4.78, 5) is 50.3. The maximum Gasteiger partial charge on any atom is 0.355 e. The predicted octanol–water partition coefficient (Wildman–Crippen LogP) is 0.941. The van der Waals surface area contributed by atoms with Crippen LogP contribution in [0.3, 0.4) is 0 Å². The van der Waals surface area contributed by atoms with Crippen LogP contribution in [0, 0.1) is 0 Å². The minimum absolute atomic E-state index is 0.000445. The number of hydrogen-bond acceptors (Lipinski definition) is 8. The number of esters is 4. The van der Waals surface area contributed by atoms with E-state index in [9.17, 15) is 19.2 Å². The molecule has 0 spiro atoms. The van der Waals surface area contributed by atoms with Crippen molar-refractivity contribution in [2.45, 2.75) is 13.8 Å². The van der Waals surface area contributed by atoms with E-state index in [1.165, 1.54) is 0 Å². The molecule has 1 heterocycles. The number of carbonyl (C=O) groups excluding carboxylic acids is 4. The molecule has 0 saturated carbocycles. The summed E-state index contributed by atoms with van der Waals surface area (Å²) in [5, 5.41) is 0. The van der Waals surface area contributed by atoms with E-state index in [0.29, 0.717) is 0 Å². The Kier molecular flexibility index (Phi) is 6.31. The van der Waals surface area contributed by atoms with E-state index < -0.39 is 46.4 Å². The van der Waals surface area contributed by atoms with Crippen molar-refractivity contribution in [3.63, 3.8) is 0 Å². The molecule has 0 aromatic carbocycles. The average molecular weight is 327 g/mol. The number of methoxy groups -OCH3 is 2. The molecule has 0 saturated heterocycles. The smallest absolute Gasteiger partial charge is 0.355 e. The Labute approximate surface area is 131 Å². The summed E-state index contributed by atoms with van der Waals surface area (Å²) < 4.78 is 18.8. The van der Waals surface area contributed by atoms with Gasteiger partial charge in [-0.1, -0.05) is 0 Å². The first-order valence-electron chi connectivity index (χ1n) is 6.69. The summed E-state index contributed by atoms with van der Waals surface area (Å²) in [7, 11) is 2.17. The normalized spacial score (nSPS) is 9.91. The van der Waals surface area contributed by atoms with E-state index in [4.69, 9.17) is 9.47 Å². The molecule has 1 N–H and O–H groups in total. The number of nitrogens with one attached hydrogen (secondary N) is 1. The maximum absolute atomic E-state index is 12.1. The van der Waals surface area contributed by atoms with Crippen molar-refractivity contribution in [1.82, 2.24) is 4.98 Å². The highest BCUT2D eigenvalue weighted by Crippen LogP contribution is 2.23. The molecule has 1 aromatic heterocycles. The Bertz CT molecular complexity index is 578. The van der Waals surface area contributed by atoms with Crippen molar-refractivity contribution in [2.24, 2.45) is 0 Å². The molecule has 9 nitrogen and oxygen atoms in total. The topological polar surface area (TPSA) is 121 Å². The molecule has 23 heavy (non-hydrogen) atoms. The second kappa shape index (κ2) is 7.97. The van der Waals surface area contributed by atoms with E-state index in [1.54, 1.807) is 13.8 Å². The van der Waals surface area contributed by atoms with Gasteiger partial charge >= 0.3 is 23.9 Å². The quantitative estimate of drug-likeness (QED) is 0.605. The minimum atomic E-state index is -0.970. The molecule has 126 valence electrons. The maximum atomic E-state index is 12.1. The van der Waals surface area contributed by atoms with Crippen LogP contribution < -0.4 is 0 Å². The van der Waals surface area contributed by atoms with E-state index >= 15 is 0 Å². The molecular formula is C14H17NO8. The van der Waals surface area contributed by atoms with E-state index in [2.05, 4.69) is 14.5 Å². The first-order valence-corrected chi connectivity index (χ1v) is 6.69. The fourth-order valence-corrected chi connectivity index (χ4v) is 1.83. The summed E-state index contributed by atoms with van der Waals surface area (Å²) in [6.45, 7) is 3.10. The van der Waals surface area contributed by atoms with Gasteiger partial charge in [0.15, 0.2) is 0 Å². The van der Waals surface area contributed by atoms with Gasteiger partial charge in [-0.2, -0.15) is 0 Å². The van der Waals surface area contributed by atoms with Crippen LogP contribution in [0.25, 0.3) is 0 Å². The van der Waals surface area contributed by atoms with Crippen LogP contribution in [0.2, 0.25) is 0 Å². The first kappa shape index (κ1) is 18.2. The second-order valence-corrected chi connectivity index (χ2v) is 4.05. The highest BCUT2D eigenvalue weighted by atomic mass is 16.5. The summed E-state index contributed by atoms with van der Waals surface area (Å²) in [5.41, 5.74) is -1.65. The van der Waals surface area contributed by atoms with Gasteiger partial charge in [0.25, 0.3) is 0 Å². The van der Waals surface area contributed by atoms with Crippen molar-refractivity contribution in [2.75, 3.05) is 27.4 Å². The standard InChI is InChI=1S/C14H17NO8/c1-5-22-11(16)7-8(12(17)23-6-2)10(14(19)21-4)15-9(7)13(18)20-3/h15H,5-6H2,1-4H3. The molecule has 0 bridgehead atoms. The van der Waals surface area contributed by atoms with Gasteiger partial charge in [-0.15, -0.1) is 0 Å². The molecule has 0 unspecified atom stereocenters. The van der Waals surface area contributed by atoms with Crippen molar-refractivity contribution in [1.29, 1.82) is 0 Å². The van der Waals surface area contributed by atoms with E-state index in [-0.39, 0.29) is 13.2 Å². The predicted molar refractivity (Wildman–Crippen MR) is 75.4 cm³/mol. The van der Waals surface area contributed by atoms with Crippen LogP contribution in [0.1, 0.15) is 55.5 Å². The third-order valence-corrected chi connectivity index (χ3v) is 2.74. The number of ether oxygens (including phenoxy) is 4. The van der Waals surface area contributed by atoms with Crippen molar-refractivity contribution < 1.29 is 38.1 Å². The molecule has 0 radical (unpaired) electrons.